The Kier molecular flexibility index (Phi) is 1.88. The Morgan fingerprint density at radius 3 is 2.77 bits per heavy atom. The van der Waals surface area contributed by atoms with Gasteiger partial charge in [0.05, 0.1) is 12.6 Å². The second kappa shape index (κ2) is 2.71. The van der Waals surface area contributed by atoms with Crippen LogP contribution in [0.5, 0.6) is 0 Å². The quantitative estimate of drug-likeness (QED) is 0.568. The Morgan fingerprint density at radius 2 is 2.15 bits per heavy atom. The van der Waals surface area contributed by atoms with Crippen LogP contribution in [0.3, 0.4) is 0 Å². The lowest BCUT2D eigenvalue weighted by Gasteiger charge is -2.32. The monoisotopic (exact) mass is 183 g/mol. The lowest BCUT2D eigenvalue weighted by molar-refractivity contribution is -0.139. The number of carbonyl (C=O) groups is 1. The van der Waals surface area contributed by atoms with Crippen LogP contribution in [0.2, 0.25) is 0 Å². The zero-order valence-electron chi connectivity index (χ0n) is 8.54. The van der Waals surface area contributed by atoms with Gasteiger partial charge in [0.1, 0.15) is 6.23 Å². The molecule has 0 saturated carbocycles. The van der Waals surface area contributed by atoms with Crippen LogP contribution in [0, 0.1) is 5.41 Å². The SMILES string of the molecule is CC(C)(C)C1OCC2CCC(=O)N21. The molecule has 0 aromatic carbocycles. The fraction of sp³-hybridized carbons (Fsp3) is 0.900. The van der Waals surface area contributed by atoms with Crippen LogP contribution >= 0.6 is 0 Å². The fourth-order valence-corrected chi connectivity index (χ4v) is 2.20. The first-order valence-electron chi connectivity index (χ1n) is 4.93. The number of carbonyl (C=O) groups excluding carboxylic acids is 1. The Morgan fingerprint density at radius 1 is 1.46 bits per heavy atom. The van der Waals surface area contributed by atoms with E-state index < -0.39 is 0 Å². The molecule has 0 radical (unpaired) electrons. The van der Waals surface area contributed by atoms with Crippen LogP contribution in [0.25, 0.3) is 0 Å². The highest BCUT2D eigenvalue weighted by Crippen LogP contribution is 2.36. The van der Waals surface area contributed by atoms with Crippen LogP contribution in [0.4, 0.5) is 0 Å². The van der Waals surface area contributed by atoms with Crippen molar-refractivity contribution < 1.29 is 9.53 Å². The average Bonchev–Trinajstić information content (AvgIpc) is 2.51. The Bertz CT molecular complexity index is 232. The Hall–Kier alpha value is -0.570. The maximum Gasteiger partial charge on any atom is 0.225 e. The summed E-state index contributed by atoms with van der Waals surface area (Å²) in [5.41, 5.74) is 0.0365. The summed E-state index contributed by atoms with van der Waals surface area (Å²) in [6.45, 7) is 7.08. The molecule has 2 heterocycles. The van der Waals surface area contributed by atoms with E-state index in [9.17, 15) is 4.79 Å². The van der Waals surface area contributed by atoms with Crippen LogP contribution in [-0.4, -0.2) is 29.7 Å². The van der Waals surface area contributed by atoms with Crippen LogP contribution in [-0.2, 0) is 9.53 Å². The van der Waals surface area contributed by atoms with E-state index in [-0.39, 0.29) is 17.6 Å². The standard InChI is InChI=1S/C10H17NO2/c1-10(2,3)9-11-7(6-13-9)4-5-8(11)12/h7,9H,4-6H2,1-3H3. The van der Waals surface area contributed by atoms with E-state index in [1.54, 1.807) is 0 Å². The molecule has 2 aliphatic rings. The number of nitrogens with zero attached hydrogens (tertiary/aromatic N) is 1. The minimum atomic E-state index is -0.00694. The molecule has 74 valence electrons. The number of ether oxygens (including phenoxy) is 1. The van der Waals surface area contributed by atoms with Crippen molar-refractivity contribution in [3.05, 3.63) is 0 Å². The first-order chi connectivity index (χ1) is 6.00. The van der Waals surface area contributed by atoms with E-state index in [0.717, 1.165) is 13.0 Å². The average molecular weight is 183 g/mol. The van der Waals surface area contributed by atoms with Gasteiger partial charge >= 0.3 is 0 Å². The molecule has 0 N–H and O–H groups in total. The molecule has 2 unspecified atom stereocenters. The van der Waals surface area contributed by atoms with Gasteiger partial charge < -0.3 is 9.64 Å². The van der Waals surface area contributed by atoms with E-state index in [4.69, 9.17) is 4.74 Å². The molecule has 2 fully saturated rings. The predicted octanol–water partition coefficient (Wildman–Crippen LogP) is 1.38. The minimum Gasteiger partial charge on any atom is -0.356 e. The molecular weight excluding hydrogens is 166 g/mol. The normalized spacial score (nSPS) is 34.1. The molecule has 2 atom stereocenters. The summed E-state index contributed by atoms with van der Waals surface area (Å²) >= 11 is 0. The second-order valence-corrected chi connectivity index (χ2v) is 5.05. The molecule has 3 heteroatoms. The number of rotatable bonds is 0. The third kappa shape index (κ3) is 1.35. The molecule has 13 heavy (non-hydrogen) atoms. The van der Waals surface area contributed by atoms with Gasteiger partial charge in [-0.2, -0.15) is 0 Å². The van der Waals surface area contributed by atoms with Crippen molar-refractivity contribution >= 4 is 5.91 Å². The van der Waals surface area contributed by atoms with Gasteiger partial charge in [0.15, 0.2) is 0 Å². The molecule has 3 nitrogen and oxygen atoms in total. The summed E-state index contributed by atoms with van der Waals surface area (Å²) < 4.78 is 5.66. The largest absolute Gasteiger partial charge is 0.356 e. The number of amides is 1. The summed E-state index contributed by atoms with van der Waals surface area (Å²) in [5, 5.41) is 0. The molecule has 2 rings (SSSR count). The van der Waals surface area contributed by atoms with Crippen molar-refractivity contribution in [3.8, 4) is 0 Å². The van der Waals surface area contributed by atoms with Crippen LogP contribution < -0.4 is 0 Å². The van der Waals surface area contributed by atoms with Gasteiger partial charge in [-0.3, -0.25) is 4.79 Å². The molecular formula is C10H17NO2. The van der Waals surface area contributed by atoms with Gasteiger partial charge in [-0.05, 0) is 6.42 Å². The van der Waals surface area contributed by atoms with Gasteiger partial charge in [-0.1, -0.05) is 20.8 Å². The number of hydrogen-bond donors (Lipinski definition) is 0. The first-order valence-corrected chi connectivity index (χ1v) is 4.93. The molecule has 0 aromatic heterocycles. The summed E-state index contributed by atoms with van der Waals surface area (Å²) in [7, 11) is 0. The van der Waals surface area contributed by atoms with Gasteiger partial charge in [-0.25, -0.2) is 0 Å². The molecule has 0 bridgehead atoms. The number of fused-ring (bicyclic) bond motifs is 1. The zero-order chi connectivity index (χ0) is 9.64. The molecule has 1 amide bonds. The van der Waals surface area contributed by atoms with Crippen molar-refractivity contribution in [3.63, 3.8) is 0 Å². The van der Waals surface area contributed by atoms with E-state index in [1.165, 1.54) is 0 Å². The summed E-state index contributed by atoms with van der Waals surface area (Å²) in [6, 6.07) is 0.358. The highest BCUT2D eigenvalue weighted by molar-refractivity contribution is 5.79. The van der Waals surface area contributed by atoms with Crippen molar-refractivity contribution in [2.45, 2.75) is 45.9 Å². The Balaban J connectivity index is 2.19. The predicted molar refractivity (Wildman–Crippen MR) is 49.1 cm³/mol. The second-order valence-electron chi connectivity index (χ2n) is 5.05. The van der Waals surface area contributed by atoms with E-state index >= 15 is 0 Å². The molecule has 0 aliphatic carbocycles. The maximum absolute atomic E-state index is 11.6. The number of hydrogen-bond acceptors (Lipinski definition) is 2. The highest BCUT2D eigenvalue weighted by Gasteiger charge is 2.46. The topological polar surface area (TPSA) is 29.5 Å². The smallest absolute Gasteiger partial charge is 0.225 e. The molecule has 2 aliphatic heterocycles. The summed E-state index contributed by atoms with van der Waals surface area (Å²) in [5.74, 6) is 0.266. The summed E-state index contributed by atoms with van der Waals surface area (Å²) in [4.78, 5) is 13.5. The third-order valence-electron chi connectivity index (χ3n) is 2.81. The molecule has 0 aromatic rings. The Labute approximate surface area is 79.0 Å². The highest BCUT2D eigenvalue weighted by atomic mass is 16.5. The van der Waals surface area contributed by atoms with E-state index in [1.807, 2.05) is 4.90 Å². The zero-order valence-corrected chi connectivity index (χ0v) is 8.54. The summed E-state index contributed by atoms with van der Waals surface area (Å²) in [6.07, 6.45) is 1.68. The van der Waals surface area contributed by atoms with Gasteiger partial charge in [0.2, 0.25) is 5.91 Å². The van der Waals surface area contributed by atoms with Crippen molar-refractivity contribution in [2.75, 3.05) is 6.61 Å². The van der Waals surface area contributed by atoms with Gasteiger partial charge in [-0.15, -0.1) is 0 Å². The molecule has 2 saturated heterocycles. The third-order valence-corrected chi connectivity index (χ3v) is 2.81. The van der Waals surface area contributed by atoms with Crippen molar-refractivity contribution in [1.29, 1.82) is 0 Å². The van der Waals surface area contributed by atoms with Crippen molar-refractivity contribution in [1.82, 2.24) is 4.90 Å². The van der Waals surface area contributed by atoms with Crippen molar-refractivity contribution in [2.24, 2.45) is 5.41 Å². The van der Waals surface area contributed by atoms with Gasteiger partial charge in [0, 0.05) is 11.8 Å². The minimum absolute atomic E-state index is 0.00694. The fourth-order valence-electron chi connectivity index (χ4n) is 2.20. The van der Waals surface area contributed by atoms with Crippen LogP contribution in [0.1, 0.15) is 33.6 Å². The first kappa shape index (κ1) is 9.00. The van der Waals surface area contributed by atoms with Gasteiger partial charge in [0.25, 0.3) is 0 Å². The lowest BCUT2D eigenvalue weighted by Crippen LogP contribution is -2.43. The maximum atomic E-state index is 11.6. The molecule has 0 spiro atoms. The lowest BCUT2D eigenvalue weighted by atomic mass is 9.93. The van der Waals surface area contributed by atoms with E-state index in [0.29, 0.717) is 12.5 Å². The van der Waals surface area contributed by atoms with Crippen LogP contribution in [0.15, 0.2) is 0 Å². The van der Waals surface area contributed by atoms with E-state index in [2.05, 4.69) is 20.8 Å².